The molecule has 1 rings (SSSR count). The Morgan fingerprint density at radius 1 is 1.92 bits per heavy atom. The standard InChI is InChI=1S/C7H11ClN2O2S/c1-2-7(3-4(11)12)5(8)13-6(9)10-7/h5H,2-3H2,1H3,(H2,9,10)(H,11,12). The van der Waals surface area contributed by atoms with Crippen molar-refractivity contribution in [2.75, 3.05) is 0 Å². The maximum Gasteiger partial charge on any atom is 0.305 e. The molecule has 1 aliphatic heterocycles. The summed E-state index contributed by atoms with van der Waals surface area (Å²) in [6, 6.07) is 0. The van der Waals surface area contributed by atoms with Crippen LogP contribution in [0.25, 0.3) is 0 Å². The zero-order valence-electron chi connectivity index (χ0n) is 7.16. The van der Waals surface area contributed by atoms with Gasteiger partial charge >= 0.3 is 5.97 Å². The first kappa shape index (κ1) is 10.7. The summed E-state index contributed by atoms with van der Waals surface area (Å²) in [6.07, 6.45) is 0.520. The van der Waals surface area contributed by atoms with Crippen LogP contribution in [-0.2, 0) is 4.79 Å². The van der Waals surface area contributed by atoms with Crippen molar-refractivity contribution in [3.63, 3.8) is 0 Å². The topological polar surface area (TPSA) is 75.7 Å². The molecule has 4 nitrogen and oxygen atoms in total. The summed E-state index contributed by atoms with van der Waals surface area (Å²) in [5, 5.41) is 9.07. The van der Waals surface area contributed by atoms with Gasteiger partial charge in [0.15, 0.2) is 5.17 Å². The molecule has 0 aromatic carbocycles. The Morgan fingerprint density at radius 2 is 2.54 bits per heavy atom. The van der Waals surface area contributed by atoms with Crippen LogP contribution in [0.15, 0.2) is 4.99 Å². The Hall–Kier alpha value is -0.420. The number of hydrogen-bond donors (Lipinski definition) is 2. The van der Waals surface area contributed by atoms with Crippen molar-refractivity contribution in [1.82, 2.24) is 0 Å². The molecular weight excluding hydrogens is 212 g/mol. The van der Waals surface area contributed by atoms with Crippen LogP contribution in [0.5, 0.6) is 0 Å². The number of rotatable bonds is 3. The van der Waals surface area contributed by atoms with Crippen LogP contribution >= 0.6 is 23.4 Å². The number of carbonyl (C=O) groups is 1. The number of alkyl halides is 1. The lowest BCUT2D eigenvalue weighted by molar-refractivity contribution is -0.138. The molecular formula is C7H11ClN2O2S. The van der Waals surface area contributed by atoms with E-state index in [9.17, 15) is 4.79 Å². The number of nitrogens with two attached hydrogens (primary N) is 1. The number of carboxylic acids is 1. The fourth-order valence-electron chi connectivity index (χ4n) is 1.26. The maximum absolute atomic E-state index is 10.6. The predicted octanol–water partition coefficient (Wildman–Crippen LogP) is 1.24. The van der Waals surface area contributed by atoms with Gasteiger partial charge in [-0.05, 0) is 6.42 Å². The maximum atomic E-state index is 10.6. The van der Waals surface area contributed by atoms with Crippen LogP contribution in [-0.4, -0.2) is 26.5 Å². The van der Waals surface area contributed by atoms with Crippen LogP contribution in [0.1, 0.15) is 19.8 Å². The average Bonchev–Trinajstić information content (AvgIpc) is 2.26. The van der Waals surface area contributed by atoms with Gasteiger partial charge in [0.1, 0.15) is 4.71 Å². The third-order valence-corrected chi connectivity index (χ3v) is 3.70. The summed E-state index contributed by atoms with van der Waals surface area (Å²) >= 11 is 7.20. The van der Waals surface area contributed by atoms with Crippen LogP contribution in [0.2, 0.25) is 0 Å². The molecule has 2 atom stereocenters. The van der Waals surface area contributed by atoms with Crippen molar-refractivity contribution in [3.8, 4) is 0 Å². The zero-order chi connectivity index (χ0) is 10.1. The average molecular weight is 223 g/mol. The minimum Gasteiger partial charge on any atom is -0.481 e. The summed E-state index contributed by atoms with van der Waals surface area (Å²) in [5.74, 6) is -0.897. The Labute approximate surface area is 85.5 Å². The molecule has 0 radical (unpaired) electrons. The van der Waals surface area contributed by atoms with Gasteiger partial charge in [-0.15, -0.1) is 11.6 Å². The molecule has 3 N–H and O–H groups in total. The molecule has 0 aromatic heterocycles. The molecule has 0 bridgehead atoms. The van der Waals surface area contributed by atoms with E-state index in [0.29, 0.717) is 11.6 Å². The second-order valence-electron chi connectivity index (χ2n) is 2.91. The van der Waals surface area contributed by atoms with E-state index in [1.54, 1.807) is 0 Å². The van der Waals surface area contributed by atoms with Crippen molar-refractivity contribution < 1.29 is 9.90 Å². The summed E-state index contributed by atoms with van der Waals surface area (Å²) in [4.78, 5) is 14.7. The fraction of sp³-hybridized carbons (Fsp3) is 0.714. The van der Waals surface area contributed by atoms with Crippen molar-refractivity contribution in [3.05, 3.63) is 0 Å². The largest absolute Gasteiger partial charge is 0.481 e. The second-order valence-corrected chi connectivity index (χ2v) is 4.73. The highest BCUT2D eigenvalue weighted by molar-refractivity contribution is 8.15. The van der Waals surface area contributed by atoms with E-state index in [4.69, 9.17) is 22.4 Å². The molecule has 1 heterocycles. The first-order chi connectivity index (χ1) is 6.00. The minimum atomic E-state index is -0.897. The minimum absolute atomic E-state index is 0.0641. The number of hydrogen-bond acceptors (Lipinski definition) is 4. The van der Waals surface area contributed by atoms with Gasteiger partial charge in [0, 0.05) is 0 Å². The van der Waals surface area contributed by atoms with Gasteiger partial charge in [0.25, 0.3) is 0 Å². The molecule has 6 heteroatoms. The molecule has 0 aromatic rings. The van der Waals surface area contributed by atoms with Crippen molar-refractivity contribution >= 4 is 34.5 Å². The number of nitrogens with zero attached hydrogens (tertiary/aromatic N) is 1. The molecule has 13 heavy (non-hydrogen) atoms. The van der Waals surface area contributed by atoms with E-state index < -0.39 is 11.5 Å². The molecule has 0 amide bonds. The Morgan fingerprint density at radius 3 is 2.85 bits per heavy atom. The van der Waals surface area contributed by atoms with Crippen LogP contribution in [0.3, 0.4) is 0 Å². The summed E-state index contributed by atoms with van der Waals surface area (Å²) < 4.78 is -0.367. The highest BCUT2D eigenvalue weighted by atomic mass is 35.5. The third-order valence-electron chi connectivity index (χ3n) is 2.05. The van der Waals surface area contributed by atoms with Crippen LogP contribution in [0.4, 0.5) is 0 Å². The Kier molecular flexibility index (Phi) is 3.08. The summed E-state index contributed by atoms with van der Waals surface area (Å²) in [5.41, 5.74) is 4.77. The predicted molar refractivity (Wildman–Crippen MR) is 54.1 cm³/mol. The summed E-state index contributed by atoms with van der Waals surface area (Å²) in [6.45, 7) is 1.86. The SMILES string of the molecule is CCC1(CC(=O)O)N=C(N)SC1Cl. The Bertz CT molecular complexity index is 259. The number of aliphatic carboxylic acids is 1. The van der Waals surface area contributed by atoms with Gasteiger partial charge in [0.05, 0.1) is 12.0 Å². The molecule has 0 saturated carbocycles. The van der Waals surface area contributed by atoms with E-state index in [1.807, 2.05) is 6.92 Å². The summed E-state index contributed by atoms with van der Waals surface area (Å²) in [7, 11) is 0. The quantitative estimate of drug-likeness (QED) is 0.705. The van der Waals surface area contributed by atoms with E-state index in [0.717, 1.165) is 0 Å². The normalized spacial score (nSPS) is 33.1. The smallest absolute Gasteiger partial charge is 0.305 e. The fourth-order valence-corrected chi connectivity index (χ4v) is 2.78. The molecule has 0 aliphatic carbocycles. The molecule has 0 saturated heterocycles. The lowest BCUT2D eigenvalue weighted by Crippen LogP contribution is -2.34. The van der Waals surface area contributed by atoms with E-state index in [-0.39, 0.29) is 11.1 Å². The second kappa shape index (κ2) is 3.75. The lowest BCUT2D eigenvalue weighted by Gasteiger charge is -2.24. The van der Waals surface area contributed by atoms with Crippen LogP contribution in [0, 0.1) is 0 Å². The molecule has 1 aliphatic rings. The van der Waals surface area contributed by atoms with Gasteiger partial charge < -0.3 is 10.8 Å². The van der Waals surface area contributed by atoms with E-state index in [2.05, 4.69) is 4.99 Å². The van der Waals surface area contributed by atoms with Crippen molar-refractivity contribution in [1.29, 1.82) is 0 Å². The first-order valence-corrected chi connectivity index (χ1v) is 5.19. The highest BCUT2D eigenvalue weighted by Gasteiger charge is 2.43. The highest BCUT2D eigenvalue weighted by Crippen LogP contribution is 2.41. The van der Waals surface area contributed by atoms with Crippen molar-refractivity contribution in [2.24, 2.45) is 10.7 Å². The van der Waals surface area contributed by atoms with E-state index in [1.165, 1.54) is 11.8 Å². The number of carboxylic acid groups (broad SMARTS) is 1. The third kappa shape index (κ3) is 2.08. The molecule has 74 valence electrons. The number of amidine groups is 1. The van der Waals surface area contributed by atoms with Gasteiger partial charge in [-0.25, -0.2) is 0 Å². The molecule has 0 fully saturated rings. The van der Waals surface area contributed by atoms with Gasteiger partial charge in [-0.2, -0.15) is 0 Å². The zero-order valence-corrected chi connectivity index (χ0v) is 8.73. The monoisotopic (exact) mass is 222 g/mol. The number of thioether (sulfide) groups is 1. The van der Waals surface area contributed by atoms with Gasteiger partial charge in [-0.1, -0.05) is 18.7 Å². The van der Waals surface area contributed by atoms with Gasteiger partial charge in [0.2, 0.25) is 0 Å². The molecule has 0 spiro atoms. The number of halogens is 1. The number of aliphatic imine (C=N–C) groups is 1. The van der Waals surface area contributed by atoms with E-state index >= 15 is 0 Å². The molecule has 2 unspecified atom stereocenters. The van der Waals surface area contributed by atoms with Crippen molar-refractivity contribution in [2.45, 2.75) is 30.0 Å². The van der Waals surface area contributed by atoms with Gasteiger partial charge in [-0.3, -0.25) is 9.79 Å². The lowest BCUT2D eigenvalue weighted by atomic mass is 9.95. The van der Waals surface area contributed by atoms with Crippen LogP contribution < -0.4 is 5.73 Å². The first-order valence-electron chi connectivity index (χ1n) is 3.88. The Balaban J connectivity index is 2.85.